The molecule has 0 amide bonds. The minimum absolute atomic E-state index is 0.309. The molecule has 4 rings (SSSR count). The van der Waals surface area contributed by atoms with Gasteiger partial charge in [0.25, 0.3) is 0 Å². The van der Waals surface area contributed by atoms with Gasteiger partial charge in [-0.15, -0.1) is 18.3 Å². The van der Waals surface area contributed by atoms with E-state index in [1.807, 2.05) is 55.5 Å². The van der Waals surface area contributed by atoms with Crippen LogP contribution in [0.25, 0.3) is 22.6 Å². The normalized spacial score (nSPS) is 11.4. The van der Waals surface area contributed by atoms with Crippen molar-refractivity contribution in [2.75, 3.05) is 5.32 Å². The molecule has 0 unspecified atom stereocenters. The summed E-state index contributed by atoms with van der Waals surface area (Å²) in [6, 6.07) is 20.4. The number of hydrazone groups is 1. The van der Waals surface area contributed by atoms with Gasteiger partial charge in [-0.2, -0.15) is 5.10 Å². The second-order valence-corrected chi connectivity index (χ2v) is 8.23. The zero-order chi connectivity index (χ0) is 26.4. The molecule has 7 nitrogen and oxygen atoms in total. The summed E-state index contributed by atoms with van der Waals surface area (Å²) in [6.45, 7) is 5.90. The number of halogens is 3. The minimum atomic E-state index is -4.74. The predicted molar refractivity (Wildman–Crippen MR) is 142 cm³/mol. The number of thiocarbonyl (C=S) groups is 1. The molecule has 4 aromatic rings. The molecule has 188 valence electrons. The molecule has 0 atom stereocenters. The molecule has 0 spiro atoms. The van der Waals surface area contributed by atoms with Crippen LogP contribution in [-0.2, 0) is 0 Å². The summed E-state index contributed by atoms with van der Waals surface area (Å²) in [6.07, 6.45) is -1.64. The standard InChI is InChI=1S/C26H21F3N6OS/c1-17(2)22-5-3-4-6-23(22)32-25(37)33-31-15-18-7-9-19(10-8-18)24-30-16-35(34-24)20-11-13-21(14-12-20)36-26(27,28)29/h3-16H,1H2,2H3,(H2,32,33,37). The second kappa shape index (κ2) is 11.0. The van der Waals surface area contributed by atoms with Crippen molar-refractivity contribution in [3.8, 4) is 22.8 Å². The van der Waals surface area contributed by atoms with Gasteiger partial charge in [-0.25, -0.2) is 9.67 Å². The number of anilines is 1. The maximum absolute atomic E-state index is 12.3. The summed E-state index contributed by atoms with van der Waals surface area (Å²) >= 11 is 5.31. The molecule has 0 aliphatic heterocycles. The number of hydrogen-bond donors (Lipinski definition) is 2. The van der Waals surface area contributed by atoms with Gasteiger partial charge >= 0.3 is 6.36 Å². The van der Waals surface area contributed by atoms with Gasteiger partial charge in [0, 0.05) is 16.8 Å². The predicted octanol–water partition coefficient (Wildman–Crippen LogP) is 6.19. The van der Waals surface area contributed by atoms with E-state index in [-0.39, 0.29) is 5.75 Å². The van der Waals surface area contributed by atoms with Gasteiger partial charge < -0.3 is 10.1 Å². The molecule has 1 heterocycles. The van der Waals surface area contributed by atoms with E-state index in [0.29, 0.717) is 16.6 Å². The Morgan fingerprint density at radius 2 is 1.76 bits per heavy atom. The van der Waals surface area contributed by atoms with Crippen LogP contribution in [0.5, 0.6) is 5.75 Å². The number of benzene rings is 3. The lowest BCUT2D eigenvalue weighted by Gasteiger charge is -2.11. The van der Waals surface area contributed by atoms with Crippen LogP contribution in [0.4, 0.5) is 18.9 Å². The fourth-order valence-electron chi connectivity index (χ4n) is 3.32. The van der Waals surface area contributed by atoms with Crippen molar-refractivity contribution in [1.82, 2.24) is 20.2 Å². The zero-order valence-electron chi connectivity index (χ0n) is 19.5. The summed E-state index contributed by atoms with van der Waals surface area (Å²) in [5.74, 6) is 0.148. The van der Waals surface area contributed by atoms with Crippen molar-refractivity contribution in [3.05, 3.63) is 96.8 Å². The van der Waals surface area contributed by atoms with Gasteiger partial charge in [-0.05, 0) is 60.6 Å². The highest BCUT2D eigenvalue weighted by molar-refractivity contribution is 7.80. The highest BCUT2D eigenvalue weighted by atomic mass is 32.1. The lowest BCUT2D eigenvalue weighted by Crippen LogP contribution is -2.24. The molecule has 11 heteroatoms. The van der Waals surface area contributed by atoms with Crippen molar-refractivity contribution in [2.45, 2.75) is 13.3 Å². The maximum atomic E-state index is 12.3. The van der Waals surface area contributed by atoms with E-state index < -0.39 is 6.36 Å². The Bertz CT molecular complexity index is 1430. The van der Waals surface area contributed by atoms with E-state index in [9.17, 15) is 13.2 Å². The Balaban J connectivity index is 1.35. The molecule has 0 aliphatic rings. The van der Waals surface area contributed by atoms with Gasteiger partial charge in [-0.3, -0.25) is 5.43 Å². The summed E-state index contributed by atoms with van der Waals surface area (Å²) in [5, 5.41) is 12.0. The second-order valence-electron chi connectivity index (χ2n) is 7.83. The van der Waals surface area contributed by atoms with Crippen LogP contribution >= 0.6 is 12.2 Å². The molecule has 1 aromatic heterocycles. The number of allylic oxidation sites excluding steroid dienone is 1. The van der Waals surface area contributed by atoms with E-state index in [2.05, 4.69) is 37.2 Å². The SMILES string of the molecule is C=C(C)c1ccccc1NC(=S)NN=Cc1ccc(-c2ncn(-c3ccc(OC(F)(F)F)cc3)n2)cc1. The minimum Gasteiger partial charge on any atom is -0.406 e. The first-order chi connectivity index (χ1) is 17.7. The molecular formula is C26H21F3N6OS. The van der Waals surface area contributed by atoms with Crippen molar-refractivity contribution < 1.29 is 17.9 Å². The van der Waals surface area contributed by atoms with Crippen LogP contribution in [-0.4, -0.2) is 32.5 Å². The van der Waals surface area contributed by atoms with E-state index in [0.717, 1.165) is 28.0 Å². The lowest BCUT2D eigenvalue weighted by molar-refractivity contribution is -0.274. The summed E-state index contributed by atoms with van der Waals surface area (Å²) in [5.41, 5.74) is 7.63. The third-order valence-electron chi connectivity index (χ3n) is 5.01. The Kier molecular flexibility index (Phi) is 7.63. The average molecular weight is 523 g/mol. The number of aromatic nitrogens is 3. The van der Waals surface area contributed by atoms with E-state index >= 15 is 0 Å². The van der Waals surface area contributed by atoms with E-state index in [1.54, 1.807) is 6.21 Å². The number of para-hydroxylation sites is 1. The molecule has 0 fully saturated rings. The van der Waals surface area contributed by atoms with Gasteiger partial charge in [-0.1, -0.05) is 49.0 Å². The third kappa shape index (κ3) is 7.01. The Labute approximate surface area is 216 Å². The zero-order valence-corrected chi connectivity index (χ0v) is 20.3. The fourth-order valence-corrected chi connectivity index (χ4v) is 3.48. The fraction of sp³-hybridized carbons (Fsp3) is 0.0769. The first-order valence-corrected chi connectivity index (χ1v) is 11.3. The van der Waals surface area contributed by atoms with Crippen LogP contribution < -0.4 is 15.5 Å². The highest BCUT2D eigenvalue weighted by Gasteiger charge is 2.31. The molecule has 0 saturated heterocycles. The Hall–Kier alpha value is -4.51. The number of rotatable bonds is 7. The van der Waals surface area contributed by atoms with Crippen LogP contribution in [0.1, 0.15) is 18.1 Å². The molecule has 0 bridgehead atoms. The van der Waals surface area contributed by atoms with Crippen molar-refractivity contribution >= 4 is 34.8 Å². The van der Waals surface area contributed by atoms with Gasteiger partial charge in [0.05, 0.1) is 11.9 Å². The quantitative estimate of drug-likeness (QED) is 0.171. The lowest BCUT2D eigenvalue weighted by atomic mass is 10.1. The van der Waals surface area contributed by atoms with Crippen molar-refractivity contribution in [3.63, 3.8) is 0 Å². The van der Waals surface area contributed by atoms with Crippen molar-refractivity contribution in [1.29, 1.82) is 0 Å². The van der Waals surface area contributed by atoms with Gasteiger partial charge in [0.1, 0.15) is 12.1 Å². The van der Waals surface area contributed by atoms with Gasteiger partial charge in [0.2, 0.25) is 0 Å². The third-order valence-corrected chi connectivity index (χ3v) is 5.20. The molecule has 0 saturated carbocycles. The van der Waals surface area contributed by atoms with E-state index in [4.69, 9.17) is 12.2 Å². The summed E-state index contributed by atoms with van der Waals surface area (Å²) < 4.78 is 42.4. The monoisotopic (exact) mass is 522 g/mol. The van der Waals surface area contributed by atoms with Crippen LogP contribution in [0, 0.1) is 0 Å². The van der Waals surface area contributed by atoms with Crippen LogP contribution in [0.15, 0.2) is 90.8 Å². The average Bonchev–Trinajstić information content (AvgIpc) is 3.34. The first kappa shape index (κ1) is 25.6. The van der Waals surface area contributed by atoms with Crippen molar-refractivity contribution in [2.24, 2.45) is 5.10 Å². The topological polar surface area (TPSA) is 76.4 Å². The molecule has 37 heavy (non-hydrogen) atoms. The first-order valence-electron chi connectivity index (χ1n) is 10.9. The molecule has 2 N–H and O–H groups in total. The van der Waals surface area contributed by atoms with Crippen LogP contribution in [0.3, 0.4) is 0 Å². The number of nitrogens with one attached hydrogen (secondary N) is 2. The summed E-state index contributed by atoms with van der Waals surface area (Å²) in [7, 11) is 0. The molecule has 0 radical (unpaired) electrons. The number of nitrogens with zero attached hydrogens (tertiary/aromatic N) is 4. The van der Waals surface area contributed by atoms with Crippen LogP contribution in [0.2, 0.25) is 0 Å². The number of ether oxygens (including phenoxy) is 1. The highest BCUT2D eigenvalue weighted by Crippen LogP contribution is 2.24. The number of hydrogen-bond acceptors (Lipinski definition) is 5. The molecule has 0 aliphatic carbocycles. The maximum Gasteiger partial charge on any atom is 0.573 e. The molecular weight excluding hydrogens is 501 g/mol. The number of alkyl halides is 3. The van der Waals surface area contributed by atoms with E-state index in [1.165, 1.54) is 35.3 Å². The van der Waals surface area contributed by atoms with Gasteiger partial charge in [0.15, 0.2) is 10.9 Å². The Morgan fingerprint density at radius 1 is 1.05 bits per heavy atom. The smallest absolute Gasteiger partial charge is 0.406 e. The largest absolute Gasteiger partial charge is 0.573 e. The summed E-state index contributed by atoms with van der Waals surface area (Å²) in [4.78, 5) is 4.28. The molecule has 3 aromatic carbocycles. The Morgan fingerprint density at radius 3 is 2.43 bits per heavy atom.